The fraction of sp³-hybridized carbons (Fsp3) is 1.00. The molecule has 0 spiro atoms. The van der Waals surface area contributed by atoms with Gasteiger partial charge in [0, 0.05) is 18.4 Å². The van der Waals surface area contributed by atoms with Crippen molar-refractivity contribution in [1.29, 1.82) is 0 Å². The Morgan fingerprint density at radius 3 is 2.06 bits per heavy atom. The Bertz CT molecular complexity index is 765. The lowest BCUT2D eigenvalue weighted by atomic mass is 9.40. The maximum Gasteiger partial charge on any atom is 0.110 e. The Morgan fingerprint density at radius 1 is 0.800 bits per heavy atom. The number of aliphatic hydroxyl groups is 8. The lowest BCUT2D eigenvalue weighted by molar-refractivity contribution is -0.322. The average Bonchev–Trinajstić information content (AvgIpc) is 3.00. The van der Waals surface area contributed by atoms with E-state index < -0.39 is 70.8 Å². The molecule has 0 heterocycles. The Hall–Kier alpha value is -0.320. The van der Waals surface area contributed by atoms with Crippen LogP contribution in [0.4, 0.5) is 0 Å². The topological polar surface area (TPSA) is 162 Å². The molecule has 0 aromatic carbocycles. The average molecular weight is 501 g/mol. The van der Waals surface area contributed by atoms with Crippen LogP contribution in [0, 0.1) is 46.3 Å². The van der Waals surface area contributed by atoms with Crippen LogP contribution in [0.1, 0.15) is 72.6 Å². The van der Waals surface area contributed by atoms with Crippen molar-refractivity contribution in [3.63, 3.8) is 0 Å². The highest BCUT2D eigenvalue weighted by atomic mass is 16.4. The third kappa shape index (κ3) is 3.85. The van der Waals surface area contributed by atoms with Crippen LogP contribution in [0.25, 0.3) is 0 Å². The van der Waals surface area contributed by atoms with Crippen molar-refractivity contribution in [3.05, 3.63) is 0 Å². The molecule has 4 rings (SSSR count). The van der Waals surface area contributed by atoms with Gasteiger partial charge in [-0.25, -0.2) is 0 Å². The normalized spacial score (nSPS) is 55.5. The molecule has 4 aliphatic rings. The van der Waals surface area contributed by atoms with Gasteiger partial charge in [0.25, 0.3) is 0 Å². The summed E-state index contributed by atoms with van der Waals surface area (Å²) in [4.78, 5) is 0. The Kier molecular flexibility index (Phi) is 7.48. The number of aliphatic hydroxyl groups excluding tert-OH is 7. The minimum atomic E-state index is -1.83. The molecule has 8 nitrogen and oxygen atoms in total. The molecule has 0 bridgehead atoms. The van der Waals surface area contributed by atoms with Crippen LogP contribution in [-0.2, 0) is 0 Å². The molecule has 4 aliphatic carbocycles. The summed E-state index contributed by atoms with van der Waals surface area (Å²) in [6.07, 6.45) is -3.02. The fourth-order valence-electron chi connectivity index (χ4n) is 9.61. The van der Waals surface area contributed by atoms with Crippen molar-refractivity contribution in [2.45, 2.75) is 115 Å². The molecule has 8 heteroatoms. The molecule has 0 aliphatic heterocycles. The summed E-state index contributed by atoms with van der Waals surface area (Å²) in [5.41, 5.74) is -3.22. The van der Waals surface area contributed by atoms with Crippen LogP contribution in [0.15, 0.2) is 0 Å². The number of fused-ring (bicyclic) bond motifs is 5. The Labute approximate surface area is 209 Å². The molecule has 4 saturated carbocycles. The molecule has 4 fully saturated rings. The second-order valence-corrected chi connectivity index (χ2v) is 13.2. The maximum atomic E-state index is 12.3. The minimum Gasteiger partial charge on any atom is -0.396 e. The van der Waals surface area contributed by atoms with Gasteiger partial charge in [-0.1, -0.05) is 40.5 Å². The van der Waals surface area contributed by atoms with Gasteiger partial charge in [0.2, 0.25) is 0 Å². The van der Waals surface area contributed by atoms with E-state index in [1.807, 2.05) is 20.8 Å². The zero-order chi connectivity index (χ0) is 26.1. The van der Waals surface area contributed by atoms with Crippen LogP contribution in [-0.4, -0.2) is 89.7 Å². The monoisotopic (exact) mass is 500 g/mol. The predicted octanol–water partition coefficient (Wildman–Crippen LogP) is 0.410. The summed E-state index contributed by atoms with van der Waals surface area (Å²) in [6.45, 7) is 8.11. The minimum absolute atomic E-state index is 0.0568. The molecule has 8 N–H and O–H groups in total. The molecule has 0 saturated heterocycles. The lowest BCUT2D eigenvalue weighted by Crippen LogP contribution is -2.76. The largest absolute Gasteiger partial charge is 0.396 e. The molecule has 0 amide bonds. The van der Waals surface area contributed by atoms with E-state index in [0.29, 0.717) is 25.7 Å². The van der Waals surface area contributed by atoms with Gasteiger partial charge in [0.05, 0.1) is 30.5 Å². The van der Waals surface area contributed by atoms with Crippen molar-refractivity contribution < 1.29 is 40.9 Å². The summed E-state index contributed by atoms with van der Waals surface area (Å²) in [7, 11) is 0. The van der Waals surface area contributed by atoms with Crippen LogP contribution in [0.5, 0.6) is 0 Å². The van der Waals surface area contributed by atoms with Gasteiger partial charge in [0.1, 0.15) is 11.7 Å². The molecule has 0 radical (unpaired) electrons. The Morgan fingerprint density at radius 2 is 1.43 bits per heavy atom. The number of hydrogen-bond acceptors (Lipinski definition) is 8. The van der Waals surface area contributed by atoms with Crippen LogP contribution >= 0.6 is 0 Å². The predicted molar refractivity (Wildman–Crippen MR) is 129 cm³/mol. The molecule has 0 unspecified atom stereocenters. The standard InChI is InChI=1S/C27H48O8/c1-13(12-28)6-5-7-14(2)17-20(31)22(33)23-26(17,4)11-9-16-25(3)10-8-15(29)19(30)18(25)21(32)24(34)27(16,23)35/h13-24,28-35H,5-12H2,1-4H3/t13-,14+,15-,16+,17-,18+,19-,20+,21+,22-,23+,24-,25+,26+,27-/m0/s1. The summed E-state index contributed by atoms with van der Waals surface area (Å²) in [5, 5.41) is 88.0. The van der Waals surface area contributed by atoms with E-state index in [9.17, 15) is 40.9 Å². The van der Waals surface area contributed by atoms with E-state index in [-0.39, 0.29) is 24.4 Å². The molecule has 0 aromatic rings. The van der Waals surface area contributed by atoms with Gasteiger partial charge in [0.15, 0.2) is 0 Å². The first-order valence-corrected chi connectivity index (χ1v) is 13.7. The first kappa shape index (κ1) is 27.7. The smallest absolute Gasteiger partial charge is 0.110 e. The van der Waals surface area contributed by atoms with Crippen molar-refractivity contribution in [3.8, 4) is 0 Å². The highest BCUT2D eigenvalue weighted by Gasteiger charge is 2.76. The van der Waals surface area contributed by atoms with E-state index in [4.69, 9.17) is 0 Å². The molecule has 204 valence electrons. The molecule has 35 heavy (non-hydrogen) atoms. The van der Waals surface area contributed by atoms with E-state index in [0.717, 1.165) is 19.3 Å². The SMILES string of the molecule is C[C@H](CO)CCC[C@@H](C)[C@H]1[C@@H](O)[C@H](O)[C@@H]2[C@]1(C)CC[C@@H]1[C@@]3(C)CC[C@H](O)[C@H](O)[C@@H]3[C@@H](O)[C@H](O)[C@]12O. The number of hydrogen-bond donors (Lipinski definition) is 8. The third-order valence-corrected chi connectivity index (χ3v) is 11.3. The summed E-state index contributed by atoms with van der Waals surface area (Å²) < 4.78 is 0. The van der Waals surface area contributed by atoms with E-state index in [1.54, 1.807) is 0 Å². The van der Waals surface area contributed by atoms with Gasteiger partial charge >= 0.3 is 0 Å². The van der Waals surface area contributed by atoms with Crippen LogP contribution in [0.3, 0.4) is 0 Å². The highest BCUT2D eigenvalue weighted by Crippen LogP contribution is 2.69. The van der Waals surface area contributed by atoms with E-state index in [1.165, 1.54) is 0 Å². The van der Waals surface area contributed by atoms with E-state index >= 15 is 0 Å². The maximum absolute atomic E-state index is 12.3. The van der Waals surface area contributed by atoms with Crippen molar-refractivity contribution in [2.24, 2.45) is 46.3 Å². The molecular weight excluding hydrogens is 452 g/mol. The summed E-state index contributed by atoms with van der Waals surface area (Å²) in [6, 6.07) is 0. The second-order valence-electron chi connectivity index (χ2n) is 13.2. The van der Waals surface area contributed by atoms with Gasteiger partial charge in [-0.3, -0.25) is 0 Å². The first-order valence-electron chi connectivity index (χ1n) is 13.7. The zero-order valence-corrected chi connectivity index (χ0v) is 21.7. The quantitative estimate of drug-likeness (QED) is 0.260. The zero-order valence-electron chi connectivity index (χ0n) is 21.7. The van der Waals surface area contributed by atoms with Gasteiger partial charge in [-0.15, -0.1) is 0 Å². The Balaban J connectivity index is 1.67. The second kappa shape index (κ2) is 9.45. The summed E-state index contributed by atoms with van der Waals surface area (Å²) in [5.74, 6) is -2.15. The van der Waals surface area contributed by atoms with Gasteiger partial charge in [-0.2, -0.15) is 0 Å². The lowest BCUT2D eigenvalue weighted by Gasteiger charge is -2.67. The fourth-order valence-corrected chi connectivity index (χ4v) is 9.61. The van der Waals surface area contributed by atoms with Crippen molar-refractivity contribution in [1.82, 2.24) is 0 Å². The highest BCUT2D eigenvalue weighted by molar-refractivity contribution is 5.25. The number of rotatable bonds is 6. The third-order valence-electron chi connectivity index (χ3n) is 11.3. The van der Waals surface area contributed by atoms with E-state index in [2.05, 4.69) is 6.92 Å². The van der Waals surface area contributed by atoms with Gasteiger partial charge < -0.3 is 40.9 Å². The van der Waals surface area contributed by atoms with Crippen LogP contribution < -0.4 is 0 Å². The van der Waals surface area contributed by atoms with Crippen molar-refractivity contribution in [2.75, 3.05) is 6.61 Å². The van der Waals surface area contributed by atoms with Crippen molar-refractivity contribution >= 4 is 0 Å². The molecular formula is C27H48O8. The van der Waals surface area contributed by atoms with Gasteiger partial charge in [-0.05, 0) is 66.6 Å². The molecule has 0 aromatic heterocycles. The summed E-state index contributed by atoms with van der Waals surface area (Å²) >= 11 is 0. The molecule has 15 atom stereocenters. The first-order chi connectivity index (χ1) is 16.3. The van der Waals surface area contributed by atoms with Crippen LogP contribution in [0.2, 0.25) is 0 Å².